The predicted octanol–water partition coefficient (Wildman–Crippen LogP) is 4.55. The van der Waals surface area contributed by atoms with Crippen LogP contribution in [0.2, 0.25) is 0 Å². The van der Waals surface area contributed by atoms with Gasteiger partial charge in [0.1, 0.15) is 5.75 Å². The number of hydrogen-bond acceptors (Lipinski definition) is 4. The number of carbonyl (C=O) groups excluding carboxylic acids is 3. The molecule has 3 rings (SSSR count). The summed E-state index contributed by atoms with van der Waals surface area (Å²) < 4.78 is 6.26. The Balaban J connectivity index is 1.47. The molecule has 0 unspecified atom stereocenters. The van der Waals surface area contributed by atoms with Gasteiger partial charge in [-0.3, -0.25) is 25.2 Å². The summed E-state index contributed by atoms with van der Waals surface area (Å²) in [6.45, 7) is 3.31. The second kappa shape index (κ2) is 11.3. The van der Waals surface area contributed by atoms with Crippen molar-refractivity contribution >= 4 is 39.3 Å². The van der Waals surface area contributed by atoms with Crippen molar-refractivity contribution in [2.45, 2.75) is 13.8 Å². The smallest absolute Gasteiger partial charge is 0.276 e. The van der Waals surface area contributed by atoms with E-state index in [1.165, 1.54) is 0 Å². The third-order valence-electron chi connectivity index (χ3n) is 4.65. The van der Waals surface area contributed by atoms with Gasteiger partial charge >= 0.3 is 0 Å². The maximum atomic E-state index is 12.2. The molecule has 3 amide bonds. The molecule has 0 spiro atoms. The first-order valence-corrected chi connectivity index (χ1v) is 11.1. The lowest BCUT2D eigenvalue weighted by Crippen LogP contribution is -2.43. The van der Waals surface area contributed by atoms with Crippen LogP contribution in [-0.4, -0.2) is 24.3 Å². The summed E-state index contributed by atoms with van der Waals surface area (Å²) in [6.07, 6.45) is 0. The second-order valence-electron chi connectivity index (χ2n) is 7.52. The Morgan fingerprint density at radius 1 is 0.879 bits per heavy atom. The zero-order valence-corrected chi connectivity index (χ0v) is 19.8. The standard InChI is InChI=1S/C25H24BrN3O4/c1-16(2)24(31)27-20-11-8-18(9-12-20)25(32)29-28-23(30)15-33-22-13-10-19(14-21(22)26)17-6-4-3-5-7-17/h3-14,16H,15H2,1-2H3,(H,27,31)(H,28,30)(H,29,32). The minimum atomic E-state index is -0.511. The van der Waals surface area contributed by atoms with Gasteiger partial charge in [-0.15, -0.1) is 0 Å². The van der Waals surface area contributed by atoms with E-state index >= 15 is 0 Å². The molecular weight excluding hydrogens is 486 g/mol. The Morgan fingerprint density at radius 3 is 2.21 bits per heavy atom. The van der Waals surface area contributed by atoms with E-state index in [1.807, 2.05) is 42.5 Å². The Labute approximate surface area is 200 Å². The molecular formula is C25H24BrN3O4. The van der Waals surface area contributed by atoms with E-state index in [9.17, 15) is 14.4 Å². The van der Waals surface area contributed by atoms with Crippen LogP contribution in [0, 0.1) is 5.92 Å². The Kier molecular flexibility index (Phi) is 8.21. The largest absolute Gasteiger partial charge is 0.483 e. The predicted molar refractivity (Wildman–Crippen MR) is 131 cm³/mol. The summed E-state index contributed by atoms with van der Waals surface area (Å²) in [4.78, 5) is 36.0. The molecule has 33 heavy (non-hydrogen) atoms. The van der Waals surface area contributed by atoms with Crippen LogP contribution in [0.5, 0.6) is 5.75 Å². The van der Waals surface area contributed by atoms with E-state index in [-0.39, 0.29) is 18.4 Å². The zero-order valence-electron chi connectivity index (χ0n) is 18.2. The normalized spacial score (nSPS) is 10.4. The Bertz CT molecular complexity index is 1130. The van der Waals surface area contributed by atoms with Crippen LogP contribution >= 0.6 is 15.9 Å². The van der Waals surface area contributed by atoms with Gasteiger partial charge in [0.25, 0.3) is 11.8 Å². The first kappa shape index (κ1) is 24.0. The highest BCUT2D eigenvalue weighted by Gasteiger charge is 2.11. The van der Waals surface area contributed by atoms with Crippen LogP contribution in [-0.2, 0) is 9.59 Å². The molecule has 0 aliphatic heterocycles. The topological polar surface area (TPSA) is 96.5 Å². The molecule has 0 aliphatic carbocycles. The van der Waals surface area contributed by atoms with Crippen molar-refractivity contribution in [2.75, 3.05) is 11.9 Å². The molecule has 3 N–H and O–H groups in total. The van der Waals surface area contributed by atoms with Crippen molar-refractivity contribution in [1.29, 1.82) is 0 Å². The monoisotopic (exact) mass is 509 g/mol. The summed E-state index contributed by atoms with van der Waals surface area (Å²) in [5, 5.41) is 2.75. The first-order valence-electron chi connectivity index (χ1n) is 10.3. The van der Waals surface area contributed by atoms with E-state index in [0.29, 0.717) is 21.5 Å². The molecule has 3 aromatic carbocycles. The van der Waals surface area contributed by atoms with Gasteiger partial charge in [0, 0.05) is 17.2 Å². The maximum absolute atomic E-state index is 12.2. The lowest BCUT2D eigenvalue weighted by atomic mass is 10.1. The summed E-state index contributed by atoms with van der Waals surface area (Å²) in [5.41, 5.74) is 7.67. The molecule has 0 aromatic heterocycles. The molecule has 0 saturated heterocycles. The number of hydrazine groups is 1. The molecule has 0 atom stereocenters. The van der Waals surface area contributed by atoms with Crippen molar-refractivity contribution in [3.8, 4) is 16.9 Å². The zero-order chi connectivity index (χ0) is 23.8. The van der Waals surface area contributed by atoms with E-state index in [4.69, 9.17) is 4.74 Å². The molecule has 0 fully saturated rings. The van der Waals surface area contributed by atoms with Gasteiger partial charge in [-0.1, -0.05) is 50.2 Å². The lowest BCUT2D eigenvalue weighted by Gasteiger charge is -2.11. The van der Waals surface area contributed by atoms with Gasteiger partial charge in [-0.25, -0.2) is 0 Å². The number of amides is 3. The number of hydrogen-bond donors (Lipinski definition) is 3. The second-order valence-corrected chi connectivity index (χ2v) is 8.38. The highest BCUT2D eigenvalue weighted by atomic mass is 79.9. The third kappa shape index (κ3) is 6.92. The van der Waals surface area contributed by atoms with Gasteiger partial charge < -0.3 is 10.1 Å². The van der Waals surface area contributed by atoms with Gasteiger partial charge in [0.2, 0.25) is 5.91 Å². The number of carbonyl (C=O) groups is 3. The number of anilines is 1. The van der Waals surface area contributed by atoms with Crippen molar-refractivity contribution in [1.82, 2.24) is 10.9 Å². The van der Waals surface area contributed by atoms with E-state index in [0.717, 1.165) is 11.1 Å². The van der Waals surface area contributed by atoms with Gasteiger partial charge in [0.05, 0.1) is 4.47 Å². The van der Waals surface area contributed by atoms with Gasteiger partial charge in [-0.05, 0) is 63.5 Å². The molecule has 0 heterocycles. The summed E-state index contributed by atoms with van der Waals surface area (Å²) >= 11 is 3.46. The van der Waals surface area contributed by atoms with Crippen molar-refractivity contribution in [3.05, 3.63) is 82.8 Å². The van der Waals surface area contributed by atoms with Crippen LogP contribution in [0.1, 0.15) is 24.2 Å². The van der Waals surface area contributed by atoms with Crippen molar-refractivity contribution in [2.24, 2.45) is 5.92 Å². The Morgan fingerprint density at radius 2 is 1.58 bits per heavy atom. The molecule has 0 bridgehead atoms. The van der Waals surface area contributed by atoms with Crippen LogP contribution < -0.4 is 20.9 Å². The van der Waals surface area contributed by atoms with Crippen LogP contribution in [0.25, 0.3) is 11.1 Å². The summed E-state index contributed by atoms with van der Waals surface area (Å²) in [7, 11) is 0. The molecule has 170 valence electrons. The fourth-order valence-corrected chi connectivity index (χ4v) is 3.29. The van der Waals surface area contributed by atoms with Crippen molar-refractivity contribution < 1.29 is 19.1 Å². The van der Waals surface area contributed by atoms with Gasteiger partial charge in [-0.2, -0.15) is 0 Å². The van der Waals surface area contributed by atoms with E-state index in [1.54, 1.807) is 44.2 Å². The number of halogens is 1. The first-order chi connectivity index (χ1) is 15.8. The number of nitrogens with one attached hydrogen (secondary N) is 3. The molecule has 0 saturated carbocycles. The van der Waals surface area contributed by atoms with Crippen molar-refractivity contribution in [3.63, 3.8) is 0 Å². The number of ether oxygens (including phenoxy) is 1. The van der Waals surface area contributed by atoms with E-state index in [2.05, 4.69) is 32.1 Å². The quantitative estimate of drug-likeness (QED) is 0.407. The molecule has 3 aromatic rings. The number of benzene rings is 3. The SMILES string of the molecule is CC(C)C(=O)Nc1ccc(C(=O)NNC(=O)COc2ccc(-c3ccccc3)cc2Br)cc1. The highest BCUT2D eigenvalue weighted by Crippen LogP contribution is 2.30. The lowest BCUT2D eigenvalue weighted by molar-refractivity contribution is -0.124. The molecule has 0 aliphatic rings. The van der Waals surface area contributed by atoms with Crippen LogP contribution in [0.15, 0.2) is 77.3 Å². The number of rotatable bonds is 7. The Hall–Kier alpha value is -3.65. The fourth-order valence-electron chi connectivity index (χ4n) is 2.80. The average molecular weight is 510 g/mol. The maximum Gasteiger partial charge on any atom is 0.276 e. The van der Waals surface area contributed by atoms with Gasteiger partial charge in [0.15, 0.2) is 6.61 Å². The molecule has 8 heteroatoms. The third-order valence-corrected chi connectivity index (χ3v) is 5.27. The average Bonchev–Trinajstić information content (AvgIpc) is 2.82. The van der Waals surface area contributed by atoms with Crippen LogP contribution in [0.4, 0.5) is 5.69 Å². The summed E-state index contributed by atoms with van der Waals surface area (Å²) in [6, 6.07) is 21.8. The molecule has 0 radical (unpaired) electrons. The summed E-state index contributed by atoms with van der Waals surface area (Å²) in [5.74, 6) is -0.745. The minimum Gasteiger partial charge on any atom is -0.483 e. The fraction of sp³-hybridized carbons (Fsp3) is 0.160. The molecule has 7 nitrogen and oxygen atoms in total. The van der Waals surface area contributed by atoms with Crippen LogP contribution in [0.3, 0.4) is 0 Å². The van der Waals surface area contributed by atoms with E-state index < -0.39 is 11.8 Å². The minimum absolute atomic E-state index is 0.110. The highest BCUT2D eigenvalue weighted by molar-refractivity contribution is 9.10.